The van der Waals surface area contributed by atoms with Gasteiger partial charge in [0, 0.05) is 11.9 Å². The van der Waals surface area contributed by atoms with Crippen molar-refractivity contribution in [3.8, 4) is 5.75 Å². The molecule has 0 saturated heterocycles. The van der Waals surface area contributed by atoms with E-state index in [0.717, 1.165) is 27.6 Å². The van der Waals surface area contributed by atoms with E-state index < -0.39 is 6.10 Å². The number of benzene rings is 3. The van der Waals surface area contributed by atoms with Crippen LogP contribution >= 0.6 is 0 Å². The molecular formula is C21H19N3O2. The number of hydrogen-bond acceptors (Lipinski definition) is 5. The van der Waals surface area contributed by atoms with Gasteiger partial charge in [0.05, 0.1) is 17.2 Å². The third-order valence-electron chi connectivity index (χ3n) is 4.15. The third-order valence-corrected chi connectivity index (χ3v) is 4.15. The van der Waals surface area contributed by atoms with Gasteiger partial charge in [-0.25, -0.2) is 4.98 Å². The van der Waals surface area contributed by atoms with Gasteiger partial charge in [-0.2, -0.15) is 0 Å². The highest BCUT2D eigenvalue weighted by Gasteiger charge is 2.08. The van der Waals surface area contributed by atoms with E-state index in [2.05, 4.69) is 15.3 Å². The van der Waals surface area contributed by atoms with E-state index in [1.807, 2.05) is 66.7 Å². The zero-order valence-corrected chi connectivity index (χ0v) is 14.2. The van der Waals surface area contributed by atoms with Crippen molar-refractivity contribution in [1.82, 2.24) is 9.97 Å². The van der Waals surface area contributed by atoms with Crippen molar-refractivity contribution in [2.45, 2.75) is 6.10 Å². The van der Waals surface area contributed by atoms with E-state index in [1.165, 1.54) is 0 Å². The molecule has 0 aliphatic rings. The zero-order valence-electron chi connectivity index (χ0n) is 14.2. The summed E-state index contributed by atoms with van der Waals surface area (Å²) in [5, 5.41) is 15.5. The number of nitrogens with zero attached hydrogens (tertiary/aromatic N) is 2. The lowest BCUT2D eigenvalue weighted by atomic mass is 10.1. The predicted octanol–water partition coefficient (Wildman–Crippen LogP) is 3.63. The average Bonchev–Trinajstić information content (AvgIpc) is 2.70. The van der Waals surface area contributed by atoms with Gasteiger partial charge in [-0.05, 0) is 23.6 Å². The normalized spacial score (nSPS) is 12.2. The SMILES string of the molecule is OC(CNc1cnc2ccccc2n1)COc1cccc2ccccc12. The number of fused-ring (bicyclic) bond motifs is 2. The third kappa shape index (κ3) is 3.58. The summed E-state index contributed by atoms with van der Waals surface area (Å²) >= 11 is 0. The topological polar surface area (TPSA) is 67.3 Å². The lowest BCUT2D eigenvalue weighted by Crippen LogP contribution is -2.26. The van der Waals surface area contributed by atoms with Gasteiger partial charge in [-0.15, -0.1) is 0 Å². The molecule has 1 aromatic heterocycles. The van der Waals surface area contributed by atoms with Gasteiger partial charge >= 0.3 is 0 Å². The predicted molar refractivity (Wildman–Crippen MR) is 103 cm³/mol. The van der Waals surface area contributed by atoms with Gasteiger partial charge in [0.1, 0.15) is 24.3 Å². The number of aromatic nitrogens is 2. The van der Waals surface area contributed by atoms with E-state index >= 15 is 0 Å². The molecule has 130 valence electrons. The Balaban J connectivity index is 1.36. The minimum absolute atomic E-state index is 0.196. The molecule has 0 saturated carbocycles. The van der Waals surface area contributed by atoms with E-state index in [-0.39, 0.29) is 6.61 Å². The van der Waals surface area contributed by atoms with E-state index in [0.29, 0.717) is 12.4 Å². The molecule has 5 heteroatoms. The number of anilines is 1. The molecule has 0 spiro atoms. The van der Waals surface area contributed by atoms with Crippen LogP contribution in [0.4, 0.5) is 5.82 Å². The maximum Gasteiger partial charge on any atom is 0.145 e. The standard InChI is InChI=1S/C21H19N3O2/c25-16(12-23-21-13-22-18-9-3-4-10-19(18)24-21)14-26-20-11-5-7-15-6-1-2-8-17(15)20/h1-11,13,16,25H,12,14H2,(H,23,24). The molecule has 3 aromatic carbocycles. The van der Waals surface area contributed by atoms with Crippen LogP contribution in [-0.2, 0) is 0 Å². The van der Waals surface area contributed by atoms with Crippen LogP contribution in [0.2, 0.25) is 0 Å². The molecule has 2 N–H and O–H groups in total. The second-order valence-corrected chi connectivity index (χ2v) is 6.07. The molecule has 4 rings (SSSR count). The maximum absolute atomic E-state index is 10.2. The van der Waals surface area contributed by atoms with Crippen molar-refractivity contribution < 1.29 is 9.84 Å². The first kappa shape index (κ1) is 16.3. The molecule has 0 amide bonds. The van der Waals surface area contributed by atoms with Crippen LogP contribution in [-0.4, -0.2) is 34.3 Å². The van der Waals surface area contributed by atoms with Crippen molar-refractivity contribution in [2.75, 3.05) is 18.5 Å². The molecule has 26 heavy (non-hydrogen) atoms. The Morgan fingerprint density at radius 2 is 1.69 bits per heavy atom. The summed E-state index contributed by atoms with van der Waals surface area (Å²) in [4.78, 5) is 8.83. The molecule has 1 unspecified atom stereocenters. The number of rotatable bonds is 6. The van der Waals surface area contributed by atoms with Crippen molar-refractivity contribution in [1.29, 1.82) is 0 Å². The minimum atomic E-state index is -0.665. The number of nitrogens with one attached hydrogen (secondary N) is 1. The van der Waals surface area contributed by atoms with Crippen LogP contribution in [0.25, 0.3) is 21.8 Å². The summed E-state index contributed by atoms with van der Waals surface area (Å²) in [5.74, 6) is 1.40. The number of para-hydroxylation sites is 2. The Kier molecular flexibility index (Phi) is 4.62. The average molecular weight is 345 g/mol. The van der Waals surface area contributed by atoms with Crippen molar-refractivity contribution in [3.05, 3.63) is 72.9 Å². The van der Waals surface area contributed by atoms with Gasteiger partial charge in [0.2, 0.25) is 0 Å². The number of aliphatic hydroxyl groups is 1. The fourth-order valence-electron chi connectivity index (χ4n) is 2.83. The second kappa shape index (κ2) is 7.37. The van der Waals surface area contributed by atoms with E-state index in [9.17, 15) is 5.11 Å². The first-order valence-electron chi connectivity index (χ1n) is 8.54. The van der Waals surface area contributed by atoms with Gasteiger partial charge < -0.3 is 15.2 Å². The molecular weight excluding hydrogens is 326 g/mol. The Bertz CT molecular complexity index is 1030. The van der Waals surface area contributed by atoms with Crippen LogP contribution in [0.3, 0.4) is 0 Å². The first-order chi connectivity index (χ1) is 12.8. The lowest BCUT2D eigenvalue weighted by molar-refractivity contribution is 0.118. The Hall–Kier alpha value is -3.18. The van der Waals surface area contributed by atoms with Gasteiger partial charge in [-0.1, -0.05) is 48.5 Å². The second-order valence-electron chi connectivity index (χ2n) is 6.07. The first-order valence-corrected chi connectivity index (χ1v) is 8.54. The Morgan fingerprint density at radius 1 is 0.923 bits per heavy atom. The van der Waals surface area contributed by atoms with Crippen LogP contribution in [0, 0.1) is 0 Å². The summed E-state index contributed by atoms with van der Waals surface area (Å²) < 4.78 is 5.81. The van der Waals surface area contributed by atoms with E-state index in [4.69, 9.17) is 4.74 Å². The van der Waals surface area contributed by atoms with Crippen LogP contribution in [0.5, 0.6) is 5.75 Å². The monoisotopic (exact) mass is 345 g/mol. The van der Waals surface area contributed by atoms with Crippen LogP contribution in [0.1, 0.15) is 0 Å². The van der Waals surface area contributed by atoms with Crippen LogP contribution < -0.4 is 10.1 Å². The maximum atomic E-state index is 10.2. The lowest BCUT2D eigenvalue weighted by Gasteiger charge is -2.15. The summed E-state index contributed by atoms with van der Waals surface area (Å²) in [6.45, 7) is 0.528. The molecule has 4 aromatic rings. The highest BCUT2D eigenvalue weighted by Crippen LogP contribution is 2.25. The van der Waals surface area contributed by atoms with Crippen molar-refractivity contribution >= 4 is 27.6 Å². The van der Waals surface area contributed by atoms with Crippen molar-refractivity contribution in [3.63, 3.8) is 0 Å². The molecule has 5 nitrogen and oxygen atoms in total. The zero-order chi connectivity index (χ0) is 17.8. The highest BCUT2D eigenvalue weighted by atomic mass is 16.5. The number of hydrogen-bond donors (Lipinski definition) is 2. The quantitative estimate of drug-likeness (QED) is 0.558. The summed E-state index contributed by atoms with van der Waals surface area (Å²) in [5.41, 5.74) is 1.66. The molecule has 0 aliphatic heterocycles. The molecule has 0 bridgehead atoms. The summed E-state index contributed by atoms with van der Waals surface area (Å²) in [6.07, 6.45) is 1.00. The minimum Gasteiger partial charge on any atom is -0.490 e. The smallest absolute Gasteiger partial charge is 0.145 e. The van der Waals surface area contributed by atoms with E-state index in [1.54, 1.807) is 6.20 Å². The number of aliphatic hydroxyl groups excluding tert-OH is 1. The van der Waals surface area contributed by atoms with Crippen molar-refractivity contribution in [2.24, 2.45) is 0 Å². The van der Waals surface area contributed by atoms with Gasteiger partial charge in [0.25, 0.3) is 0 Å². The molecule has 0 aliphatic carbocycles. The van der Waals surface area contributed by atoms with Crippen LogP contribution in [0.15, 0.2) is 72.9 Å². The van der Waals surface area contributed by atoms with Gasteiger partial charge in [-0.3, -0.25) is 4.98 Å². The molecule has 1 heterocycles. The molecule has 0 radical (unpaired) electrons. The summed E-state index contributed by atoms with van der Waals surface area (Å²) in [6, 6.07) is 21.6. The van der Waals surface area contributed by atoms with Gasteiger partial charge in [0.15, 0.2) is 0 Å². The molecule has 0 fully saturated rings. The largest absolute Gasteiger partial charge is 0.490 e. The Morgan fingerprint density at radius 3 is 2.62 bits per heavy atom. The highest BCUT2D eigenvalue weighted by molar-refractivity contribution is 5.88. The Labute approximate surface area is 151 Å². The summed E-state index contributed by atoms with van der Waals surface area (Å²) in [7, 11) is 0. The fraction of sp³-hybridized carbons (Fsp3) is 0.143. The fourth-order valence-corrected chi connectivity index (χ4v) is 2.83. The number of ether oxygens (including phenoxy) is 1. The molecule has 1 atom stereocenters.